The van der Waals surface area contributed by atoms with Crippen LogP contribution in [0.25, 0.3) is 68.7 Å². The van der Waals surface area contributed by atoms with E-state index in [1.807, 2.05) is 0 Å². The van der Waals surface area contributed by atoms with Gasteiger partial charge in [0.15, 0.2) is 40.4 Å². The molecule has 0 spiro atoms. The van der Waals surface area contributed by atoms with E-state index >= 15 is 0 Å². The van der Waals surface area contributed by atoms with Gasteiger partial charge < -0.3 is 14.5 Å². The Labute approximate surface area is 269 Å². The highest BCUT2D eigenvalue weighted by Gasteiger charge is 2.28. The van der Waals surface area contributed by atoms with Gasteiger partial charge in [0.05, 0.1) is 11.3 Å². The maximum atomic E-state index is 13.6. The van der Waals surface area contributed by atoms with E-state index in [2.05, 4.69) is 54.1 Å². The summed E-state index contributed by atoms with van der Waals surface area (Å²) in [4.78, 5) is 39.4. The Morgan fingerprint density at radius 1 is 0.510 bits per heavy atom. The molecule has 0 radical (unpaired) electrons. The number of aromatic nitrogens is 6. The lowest BCUT2D eigenvalue weighted by atomic mass is 10.1. The third-order valence-corrected chi connectivity index (χ3v) is 6.18. The Bertz CT molecular complexity index is 2480. The first kappa shape index (κ1) is 33.2. The van der Waals surface area contributed by atoms with E-state index in [-0.39, 0.29) is 67.6 Å². The summed E-state index contributed by atoms with van der Waals surface area (Å²) in [6, 6.07) is 6.66. The molecule has 0 fully saturated rings. The first-order valence-electron chi connectivity index (χ1n) is 12.3. The topological polar surface area (TPSA) is 194 Å². The smallest absolute Gasteiger partial charge is 0.370 e. The first-order valence-corrected chi connectivity index (χ1v) is 12.3. The molecule has 3 aromatic heterocycles. The second-order valence-corrected chi connectivity index (χ2v) is 8.74. The molecule has 0 saturated heterocycles. The Balaban J connectivity index is 0.000000246. The summed E-state index contributed by atoms with van der Waals surface area (Å²) in [6.45, 7) is 35.8. The molecule has 0 amide bonds. The molecule has 0 unspecified atom stereocenters. The van der Waals surface area contributed by atoms with Crippen molar-refractivity contribution < 1.29 is 17.6 Å². The molecular weight excluding hydrogens is 646 g/mol. The Morgan fingerprint density at radius 3 is 1.16 bits per heavy atom. The molecule has 0 aliphatic heterocycles. The predicted molar refractivity (Wildman–Crippen MR) is 155 cm³/mol. The summed E-state index contributed by atoms with van der Waals surface area (Å²) >= 11 is 0. The molecule has 226 valence electrons. The molecule has 5 rings (SSSR count). The first-order chi connectivity index (χ1) is 23.5. The van der Waals surface area contributed by atoms with Crippen LogP contribution in [-0.2, 0) is 0 Å². The Kier molecular flexibility index (Phi) is 8.91. The van der Waals surface area contributed by atoms with Crippen LogP contribution in [0.3, 0.4) is 0 Å². The second-order valence-electron chi connectivity index (χ2n) is 8.74. The molecule has 19 heteroatoms. The predicted octanol–water partition coefficient (Wildman–Crippen LogP) is 4.63. The highest BCUT2D eigenvalue weighted by molar-refractivity contribution is 6.19. The third kappa shape index (κ3) is 5.34. The summed E-state index contributed by atoms with van der Waals surface area (Å²) in [5, 5.41) is 33.9. The van der Waals surface area contributed by atoms with Crippen molar-refractivity contribution >= 4 is 61.9 Å². The van der Waals surface area contributed by atoms with E-state index < -0.39 is 45.1 Å². The molecule has 0 N–H and O–H groups in total. The van der Waals surface area contributed by atoms with Crippen LogP contribution in [-0.4, -0.2) is 29.9 Å². The molecule has 0 aliphatic carbocycles. The van der Waals surface area contributed by atoms with E-state index in [4.69, 9.17) is 38.1 Å². The highest BCUT2D eigenvalue weighted by Crippen LogP contribution is 2.35. The van der Waals surface area contributed by atoms with Crippen LogP contribution in [0.2, 0.25) is 0 Å². The zero-order valence-electron chi connectivity index (χ0n) is 23.7. The molecule has 0 aliphatic rings. The lowest BCUT2D eigenvalue weighted by Gasteiger charge is -2.04. The molecule has 5 aromatic rings. The molecule has 0 saturated carbocycles. The van der Waals surface area contributed by atoms with E-state index in [0.717, 1.165) is 6.92 Å². The quantitative estimate of drug-likeness (QED) is 0.0988. The summed E-state index contributed by atoms with van der Waals surface area (Å²) in [5.41, 5.74) is -1.42. The molecule has 0 atom stereocenters. The van der Waals surface area contributed by atoms with E-state index in [9.17, 15) is 33.3 Å². The van der Waals surface area contributed by atoms with Gasteiger partial charge in [0.2, 0.25) is 11.0 Å². The largest absolute Gasteiger partial charge is 0.532 e. The second kappa shape index (κ2) is 13.1. The van der Waals surface area contributed by atoms with Gasteiger partial charge in [-0.2, -0.15) is 30.7 Å². The van der Waals surface area contributed by atoms with Gasteiger partial charge in [0.25, 0.3) is 17.2 Å². The van der Waals surface area contributed by atoms with Crippen molar-refractivity contribution in [2.24, 2.45) is 0 Å². The number of hydrogen-bond donors (Lipinski definition) is 0. The Morgan fingerprint density at radius 2 is 0.837 bits per heavy atom. The van der Waals surface area contributed by atoms with Crippen LogP contribution < -0.4 is 10.4 Å². The SMILES string of the molecule is [C-]#[N+]C([N+]#[C-])=c1c(F)c(F)c(=C(C)C#N)c(F)c1F.[C-]#[N+]c1nc2c(nc1C#N)c1nc(C#N)c(C#N)nc1c1nc([N+]#[C-])c([N+]#[C-])nc21. The maximum absolute atomic E-state index is 13.6. The fourth-order valence-corrected chi connectivity index (χ4v) is 4.08. The number of benzene rings is 2. The van der Waals surface area contributed by atoms with Gasteiger partial charge >= 0.3 is 11.6 Å². The minimum atomic E-state index is -1.87. The fourth-order valence-electron chi connectivity index (χ4n) is 4.08. The standard InChI is InChI=1S/C18N12.C12H3F4N3/c1-22-16-9(6-21)27-12-10-11(26-8(5-20)7(4-19)25-10)14-15(13(12)28-16)30-18(24-3)17(23-2)29-14;1-5(4-17)6-8(13)10(15)7(11(16)9(6)14)12(18-2)19-3/h;1H3. The summed E-state index contributed by atoms with van der Waals surface area (Å²) in [5.74, 6) is -9.38. The lowest BCUT2D eigenvalue weighted by Crippen LogP contribution is -2.30. The van der Waals surface area contributed by atoms with Crippen LogP contribution in [0.1, 0.15) is 24.0 Å². The third-order valence-electron chi connectivity index (χ3n) is 6.18. The number of rotatable bonds is 0. The fraction of sp³-hybridized carbons (Fsp3) is 0.0333. The number of hydrogen-bond acceptors (Lipinski definition) is 10. The molecule has 3 heterocycles. The van der Waals surface area contributed by atoms with Gasteiger partial charge in [-0.1, -0.05) is 19.7 Å². The number of nitriles is 4. The summed E-state index contributed by atoms with van der Waals surface area (Å²) < 4.78 is 54.4. The normalized spacial score (nSPS) is 9.55. The van der Waals surface area contributed by atoms with Gasteiger partial charge in [-0.05, 0) is 6.92 Å². The van der Waals surface area contributed by atoms with E-state index in [1.165, 1.54) is 6.07 Å². The van der Waals surface area contributed by atoms with Crippen molar-refractivity contribution in [1.82, 2.24) is 29.9 Å². The van der Waals surface area contributed by atoms with Crippen molar-refractivity contribution in [2.45, 2.75) is 6.92 Å². The van der Waals surface area contributed by atoms with Gasteiger partial charge in [-0.15, -0.1) is 15.0 Å². The molecule has 2 aromatic carbocycles. The van der Waals surface area contributed by atoms with E-state index in [0.29, 0.717) is 0 Å². The van der Waals surface area contributed by atoms with Crippen LogP contribution in [0.4, 0.5) is 35.0 Å². The van der Waals surface area contributed by atoms with Crippen LogP contribution in [0.5, 0.6) is 0 Å². The molecular formula is C30H3F4N15. The average molecular weight is 649 g/mol. The molecule has 0 bridgehead atoms. The van der Waals surface area contributed by atoms with Gasteiger partial charge in [0.1, 0.15) is 53.1 Å². The van der Waals surface area contributed by atoms with Crippen molar-refractivity contribution in [3.8, 4) is 24.3 Å². The molecule has 15 nitrogen and oxygen atoms in total. The number of nitrogens with zero attached hydrogens (tertiary/aromatic N) is 15. The van der Waals surface area contributed by atoms with Crippen LogP contribution in [0.15, 0.2) is 0 Å². The number of fused-ring (bicyclic) bond motifs is 6. The van der Waals surface area contributed by atoms with Gasteiger partial charge in [-0.25, -0.2) is 32.5 Å². The van der Waals surface area contributed by atoms with Crippen molar-refractivity contribution in [2.75, 3.05) is 0 Å². The monoisotopic (exact) mass is 649 g/mol. The van der Waals surface area contributed by atoms with Crippen molar-refractivity contribution in [3.05, 3.63) is 108 Å². The minimum Gasteiger partial charge on any atom is -0.370 e. The number of halogens is 4. The van der Waals surface area contributed by atoms with E-state index in [1.54, 1.807) is 18.2 Å². The van der Waals surface area contributed by atoms with Gasteiger partial charge in [0, 0.05) is 5.57 Å². The maximum Gasteiger partial charge on any atom is 0.532 e. The Hall–Kier alpha value is -8.67. The zero-order valence-corrected chi connectivity index (χ0v) is 23.7. The summed E-state index contributed by atoms with van der Waals surface area (Å²) in [7, 11) is 0. The minimum absolute atomic E-state index is 0.000622. The van der Waals surface area contributed by atoms with Gasteiger partial charge in [-0.3, -0.25) is 0 Å². The van der Waals surface area contributed by atoms with Crippen molar-refractivity contribution in [3.63, 3.8) is 0 Å². The van der Waals surface area contributed by atoms with Crippen LogP contribution >= 0.6 is 0 Å². The lowest BCUT2D eigenvalue weighted by molar-refractivity contribution is 0.434. The summed E-state index contributed by atoms with van der Waals surface area (Å²) in [6.07, 6.45) is 0. The highest BCUT2D eigenvalue weighted by atomic mass is 19.2. The average Bonchev–Trinajstić information content (AvgIpc) is 3.14. The van der Waals surface area contributed by atoms with Crippen LogP contribution in [0, 0.1) is 101 Å². The molecule has 49 heavy (non-hydrogen) atoms. The van der Waals surface area contributed by atoms with Crippen molar-refractivity contribution in [1.29, 1.82) is 21.0 Å². The zero-order chi connectivity index (χ0) is 36.2.